The lowest BCUT2D eigenvalue weighted by molar-refractivity contribution is -0.121. The van der Waals surface area contributed by atoms with Gasteiger partial charge in [0.15, 0.2) is 17.3 Å². The summed E-state index contributed by atoms with van der Waals surface area (Å²) in [6.45, 7) is 3.71. The van der Waals surface area contributed by atoms with Gasteiger partial charge in [-0.05, 0) is 80.2 Å². The summed E-state index contributed by atoms with van der Waals surface area (Å²) in [6, 6.07) is 18.6. The molecule has 0 unspecified atom stereocenters. The highest BCUT2D eigenvalue weighted by Crippen LogP contribution is 2.26. The first kappa shape index (κ1) is 21.8. The molecule has 0 fully saturated rings. The number of benzene rings is 3. The Bertz CT molecular complexity index is 1300. The van der Waals surface area contributed by atoms with E-state index in [-0.39, 0.29) is 17.6 Å². The molecule has 32 heavy (non-hydrogen) atoms. The van der Waals surface area contributed by atoms with E-state index >= 15 is 0 Å². The number of amides is 1. The molecule has 0 aliphatic rings. The third-order valence-electron chi connectivity index (χ3n) is 4.69. The highest BCUT2D eigenvalue weighted by Gasteiger charge is 2.11. The predicted octanol–water partition coefficient (Wildman–Crippen LogP) is 5.66. The summed E-state index contributed by atoms with van der Waals surface area (Å²) < 4.78 is 11.4. The molecule has 0 bridgehead atoms. The fraction of sp³-hybridized carbons (Fsp3) is 0.125. The molecular weight excluding hydrogens is 446 g/mol. The van der Waals surface area contributed by atoms with Crippen molar-refractivity contribution in [2.45, 2.75) is 13.8 Å². The van der Waals surface area contributed by atoms with Crippen molar-refractivity contribution in [2.24, 2.45) is 0 Å². The molecule has 0 radical (unpaired) electrons. The van der Waals surface area contributed by atoms with Crippen LogP contribution in [0.4, 0.5) is 5.69 Å². The molecule has 0 atom stereocenters. The number of thiocarbonyl (C=S) groups is 1. The molecule has 0 saturated carbocycles. The van der Waals surface area contributed by atoms with Gasteiger partial charge >= 0.3 is 0 Å². The van der Waals surface area contributed by atoms with Crippen molar-refractivity contribution in [2.75, 3.05) is 11.9 Å². The van der Waals surface area contributed by atoms with Crippen LogP contribution in [0.2, 0.25) is 5.02 Å². The molecule has 0 aliphatic carbocycles. The summed E-state index contributed by atoms with van der Waals surface area (Å²) in [4.78, 5) is 16.7. The van der Waals surface area contributed by atoms with Gasteiger partial charge in [0, 0.05) is 16.3 Å². The van der Waals surface area contributed by atoms with Crippen LogP contribution in [0.1, 0.15) is 11.1 Å². The van der Waals surface area contributed by atoms with Crippen LogP contribution in [0.25, 0.3) is 22.6 Å². The number of rotatable bonds is 5. The highest BCUT2D eigenvalue weighted by molar-refractivity contribution is 7.80. The van der Waals surface area contributed by atoms with E-state index in [0.29, 0.717) is 33.4 Å². The predicted molar refractivity (Wildman–Crippen MR) is 130 cm³/mol. The monoisotopic (exact) mass is 465 g/mol. The number of hydrogen-bond donors (Lipinski definition) is 2. The van der Waals surface area contributed by atoms with Crippen LogP contribution in [0.5, 0.6) is 5.75 Å². The summed E-state index contributed by atoms with van der Waals surface area (Å²) in [5.74, 6) is 0.757. The Kier molecular flexibility index (Phi) is 6.39. The van der Waals surface area contributed by atoms with E-state index in [9.17, 15) is 4.79 Å². The zero-order chi connectivity index (χ0) is 22.7. The van der Waals surface area contributed by atoms with E-state index in [1.54, 1.807) is 30.3 Å². The van der Waals surface area contributed by atoms with E-state index in [4.69, 9.17) is 33.0 Å². The number of hydrogen-bond acceptors (Lipinski definition) is 5. The molecule has 4 rings (SSSR count). The van der Waals surface area contributed by atoms with Crippen molar-refractivity contribution in [3.8, 4) is 17.2 Å². The van der Waals surface area contributed by atoms with Crippen LogP contribution in [0.15, 0.2) is 65.1 Å². The maximum Gasteiger partial charge on any atom is 0.264 e. The second kappa shape index (κ2) is 9.38. The van der Waals surface area contributed by atoms with Crippen LogP contribution in [-0.4, -0.2) is 22.6 Å². The molecule has 1 aromatic heterocycles. The van der Waals surface area contributed by atoms with E-state index in [0.717, 1.165) is 11.1 Å². The number of fused-ring (bicyclic) bond motifs is 1. The smallest absolute Gasteiger partial charge is 0.264 e. The molecule has 4 aromatic rings. The SMILES string of the molecule is Cc1ccc(-c2nc3cc(NC(=S)NC(=O)COc4ccc(Cl)cc4C)ccc3o2)cc1. The van der Waals surface area contributed by atoms with Crippen LogP contribution in [-0.2, 0) is 4.79 Å². The summed E-state index contributed by atoms with van der Waals surface area (Å²) in [5.41, 5.74) is 4.94. The molecule has 0 saturated heterocycles. The van der Waals surface area contributed by atoms with E-state index in [2.05, 4.69) is 15.6 Å². The Morgan fingerprint density at radius 1 is 1.09 bits per heavy atom. The van der Waals surface area contributed by atoms with Crippen molar-refractivity contribution >= 4 is 51.6 Å². The Hall–Kier alpha value is -3.42. The number of halogens is 1. The number of nitrogens with zero attached hydrogens (tertiary/aromatic N) is 1. The van der Waals surface area contributed by atoms with Crippen LogP contribution >= 0.6 is 23.8 Å². The van der Waals surface area contributed by atoms with Crippen molar-refractivity contribution in [3.05, 3.63) is 76.8 Å². The number of oxazole rings is 1. The largest absolute Gasteiger partial charge is 0.483 e. The summed E-state index contributed by atoms with van der Waals surface area (Å²) >= 11 is 11.2. The van der Waals surface area contributed by atoms with E-state index in [1.807, 2.05) is 44.2 Å². The maximum atomic E-state index is 12.2. The lowest BCUT2D eigenvalue weighted by Crippen LogP contribution is -2.37. The van der Waals surface area contributed by atoms with Crippen molar-refractivity contribution in [1.29, 1.82) is 0 Å². The van der Waals surface area contributed by atoms with Gasteiger partial charge in [0.1, 0.15) is 11.3 Å². The first-order valence-electron chi connectivity index (χ1n) is 9.85. The maximum absolute atomic E-state index is 12.2. The van der Waals surface area contributed by atoms with Gasteiger partial charge in [-0.15, -0.1) is 0 Å². The van der Waals surface area contributed by atoms with Crippen molar-refractivity contribution < 1.29 is 13.9 Å². The number of anilines is 1. The summed E-state index contributed by atoms with van der Waals surface area (Å²) in [7, 11) is 0. The molecule has 1 amide bonds. The number of aryl methyl sites for hydroxylation is 2. The topological polar surface area (TPSA) is 76.4 Å². The van der Waals surface area contributed by atoms with Gasteiger partial charge < -0.3 is 14.5 Å². The van der Waals surface area contributed by atoms with E-state index < -0.39 is 0 Å². The normalized spacial score (nSPS) is 10.7. The van der Waals surface area contributed by atoms with Gasteiger partial charge in [0.25, 0.3) is 5.91 Å². The molecule has 8 heteroatoms. The van der Waals surface area contributed by atoms with Crippen LogP contribution in [0, 0.1) is 13.8 Å². The van der Waals surface area contributed by atoms with Gasteiger partial charge in [-0.1, -0.05) is 29.3 Å². The highest BCUT2D eigenvalue weighted by atomic mass is 35.5. The van der Waals surface area contributed by atoms with Gasteiger partial charge in [-0.2, -0.15) is 0 Å². The number of carbonyl (C=O) groups excluding carboxylic acids is 1. The zero-order valence-electron chi connectivity index (χ0n) is 17.4. The molecule has 1 heterocycles. The van der Waals surface area contributed by atoms with Gasteiger partial charge in [-0.3, -0.25) is 10.1 Å². The zero-order valence-corrected chi connectivity index (χ0v) is 19.0. The quantitative estimate of drug-likeness (QED) is 0.370. The van der Waals surface area contributed by atoms with Gasteiger partial charge in [0.2, 0.25) is 5.89 Å². The minimum atomic E-state index is -0.374. The van der Waals surface area contributed by atoms with Crippen molar-refractivity contribution in [1.82, 2.24) is 10.3 Å². The Labute approximate surface area is 195 Å². The summed E-state index contributed by atoms with van der Waals surface area (Å²) in [6.07, 6.45) is 0. The fourth-order valence-corrected chi connectivity index (χ4v) is 3.53. The lowest BCUT2D eigenvalue weighted by Gasteiger charge is -2.11. The van der Waals surface area contributed by atoms with Crippen LogP contribution in [0.3, 0.4) is 0 Å². The number of nitrogens with one attached hydrogen (secondary N) is 2. The van der Waals surface area contributed by atoms with Crippen molar-refractivity contribution in [3.63, 3.8) is 0 Å². The molecule has 6 nitrogen and oxygen atoms in total. The standard InChI is InChI=1S/C24H20ClN3O3S/c1-14-3-5-16(6-4-14)23-27-19-12-18(8-10-21(19)31-23)26-24(32)28-22(29)13-30-20-9-7-17(25)11-15(20)2/h3-12H,13H2,1-2H3,(H2,26,28,29,32). The number of aromatic nitrogens is 1. The minimum Gasteiger partial charge on any atom is -0.483 e. The Morgan fingerprint density at radius 2 is 1.88 bits per heavy atom. The average molecular weight is 466 g/mol. The Balaban J connectivity index is 1.36. The average Bonchev–Trinajstić information content (AvgIpc) is 3.17. The first-order chi connectivity index (χ1) is 15.4. The van der Waals surface area contributed by atoms with E-state index in [1.165, 1.54) is 5.56 Å². The van der Waals surface area contributed by atoms with Gasteiger partial charge in [0.05, 0.1) is 0 Å². The second-order valence-corrected chi connectivity index (χ2v) is 8.11. The lowest BCUT2D eigenvalue weighted by atomic mass is 10.1. The molecule has 0 aliphatic heterocycles. The molecule has 3 aromatic carbocycles. The molecule has 162 valence electrons. The Morgan fingerprint density at radius 3 is 2.62 bits per heavy atom. The first-order valence-corrected chi connectivity index (χ1v) is 10.6. The third-order valence-corrected chi connectivity index (χ3v) is 5.13. The second-order valence-electron chi connectivity index (χ2n) is 7.27. The minimum absolute atomic E-state index is 0.160. The summed E-state index contributed by atoms with van der Waals surface area (Å²) in [5, 5.41) is 6.35. The van der Waals surface area contributed by atoms with Crippen LogP contribution < -0.4 is 15.4 Å². The van der Waals surface area contributed by atoms with Gasteiger partial charge in [-0.25, -0.2) is 4.98 Å². The molecule has 0 spiro atoms. The number of carbonyl (C=O) groups is 1. The molecule has 2 N–H and O–H groups in total. The third kappa shape index (κ3) is 5.25. The molecular formula is C24H20ClN3O3S. The fourth-order valence-electron chi connectivity index (χ4n) is 3.07. The number of ether oxygens (including phenoxy) is 1.